The van der Waals surface area contributed by atoms with Gasteiger partial charge in [-0.25, -0.2) is 9.78 Å². The number of hydrogen-bond acceptors (Lipinski definition) is 3. The van der Waals surface area contributed by atoms with Gasteiger partial charge in [-0.15, -0.1) is 0 Å². The van der Waals surface area contributed by atoms with Crippen LogP contribution in [-0.2, 0) is 6.42 Å². The Hall–Kier alpha value is -2.27. The number of nitrogens with one attached hydrogen (secondary N) is 1. The number of benzene rings is 1. The molecule has 1 aliphatic rings. The van der Waals surface area contributed by atoms with Gasteiger partial charge in [0.25, 0.3) is 0 Å². The zero-order chi connectivity index (χ0) is 19.4. The number of carbonyl (C=O) groups is 1. The van der Waals surface area contributed by atoms with Gasteiger partial charge in [-0.2, -0.15) is 0 Å². The summed E-state index contributed by atoms with van der Waals surface area (Å²) in [6.45, 7) is 9.04. The number of urea groups is 1. The predicted octanol–water partition coefficient (Wildman–Crippen LogP) is 3.81. The molecule has 1 aromatic carbocycles. The molecular formula is C21H27ClN4O. The van der Waals surface area contributed by atoms with Crippen molar-refractivity contribution in [2.75, 3.05) is 31.1 Å². The minimum absolute atomic E-state index is 0.00176. The Morgan fingerprint density at radius 3 is 2.78 bits per heavy atom. The number of amides is 2. The normalized spacial score (nSPS) is 17.1. The van der Waals surface area contributed by atoms with Crippen molar-refractivity contribution < 1.29 is 4.79 Å². The Morgan fingerprint density at radius 2 is 2.07 bits per heavy atom. The molecule has 6 heteroatoms. The van der Waals surface area contributed by atoms with E-state index in [0.717, 1.165) is 25.3 Å². The molecular weight excluding hydrogens is 360 g/mol. The average Bonchev–Trinajstić information content (AvgIpc) is 2.65. The van der Waals surface area contributed by atoms with Crippen LogP contribution in [0, 0.1) is 13.8 Å². The van der Waals surface area contributed by atoms with Crippen molar-refractivity contribution in [2.24, 2.45) is 0 Å². The Bertz CT molecular complexity index is 811. The summed E-state index contributed by atoms with van der Waals surface area (Å²) in [6, 6.07) is 10.2. The lowest BCUT2D eigenvalue weighted by molar-refractivity contribution is 0.171. The Labute approximate surface area is 166 Å². The van der Waals surface area contributed by atoms with Crippen LogP contribution >= 0.6 is 11.6 Å². The zero-order valence-electron chi connectivity index (χ0n) is 16.2. The van der Waals surface area contributed by atoms with Gasteiger partial charge in [0.2, 0.25) is 0 Å². The molecule has 2 aromatic rings. The van der Waals surface area contributed by atoms with Crippen LogP contribution in [0.2, 0.25) is 5.02 Å². The van der Waals surface area contributed by atoms with E-state index in [4.69, 9.17) is 11.6 Å². The summed E-state index contributed by atoms with van der Waals surface area (Å²) in [5.74, 6) is 0.792. The first-order valence-electron chi connectivity index (χ1n) is 9.42. The molecule has 0 unspecified atom stereocenters. The molecule has 27 heavy (non-hydrogen) atoms. The minimum Gasteiger partial charge on any atom is -0.352 e. The standard InChI is InChI=1S/C21H27ClN4O/c1-15-6-7-18(13-16(15)2)8-10-24-21(27)26-12-11-25(14-17(26)3)20-19(22)5-4-9-23-20/h4-7,9,13,17H,8,10-12,14H2,1-3H3,(H,24,27)/t17-/m1/s1. The smallest absolute Gasteiger partial charge is 0.317 e. The molecule has 1 N–H and O–H groups in total. The third-order valence-electron chi connectivity index (χ3n) is 5.19. The van der Waals surface area contributed by atoms with Crippen molar-refractivity contribution in [2.45, 2.75) is 33.2 Å². The molecule has 1 fully saturated rings. The molecule has 1 aliphatic heterocycles. The van der Waals surface area contributed by atoms with Gasteiger partial charge in [-0.3, -0.25) is 0 Å². The van der Waals surface area contributed by atoms with Crippen molar-refractivity contribution in [3.05, 3.63) is 58.2 Å². The summed E-state index contributed by atoms with van der Waals surface area (Å²) in [7, 11) is 0. The molecule has 2 amide bonds. The van der Waals surface area contributed by atoms with Gasteiger partial charge in [0.1, 0.15) is 5.82 Å². The molecule has 0 saturated carbocycles. The monoisotopic (exact) mass is 386 g/mol. The maximum absolute atomic E-state index is 12.6. The highest BCUT2D eigenvalue weighted by molar-refractivity contribution is 6.32. The fourth-order valence-electron chi connectivity index (χ4n) is 3.44. The molecule has 0 aliphatic carbocycles. The molecule has 1 saturated heterocycles. The number of piperazine rings is 1. The largest absolute Gasteiger partial charge is 0.352 e. The number of anilines is 1. The average molecular weight is 387 g/mol. The first-order chi connectivity index (χ1) is 13.0. The van der Waals surface area contributed by atoms with Crippen LogP contribution < -0.4 is 10.2 Å². The lowest BCUT2D eigenvalue weighted by Gasteiger charge is -2.40. The zero-order valence-corrected chi connectivity index (χ0v) is 17.0. The van der Waals surface area contributed by atoms with E-state index in [1.165, 1.54) is 16.7 Å². The van der Waals surface area contributed by atoms with Crippen LogP contribution in [0.5, 0.6) is 0 Å². The highest BCUT2D eigenvalue weighted by atomic mass is 35.5. The fraction of sp³-hybridized carbons (Fsp3) is 0.429. The van der Waals surface area contributed by atoms with Gasteiger partial charge in [0.15, 0.2) is 0 Å². The van der Waals surface area contributed by atoms with Gasteiger partial charge >= 0.3 is 6.03 Å². The lowest BCUT2D eigenvalue weighted by Crippen LogP contribution is -2.57. The first kappa shape index (κ1) is 19.5. The molecule has 0 radical (unpaired) electrons. The van der Waals surface area contributed by atoms with Crippen molar-refractivity contribution in [3.63, 3.8) is 0 Å². The van der Waals surface area contributed by atoms with Gasteiger partial charge in [0.05, 0.1) is 5.02 Å². The van der Waals surface area contributed by atoms with Crippen LogP contribution in [0.4, 0.5) is 10.6 Å². The number of nitrogens with zero attached hydrogens (tertiary/aromatic N) is 3. The summed E-state index contributed by atoms with van der Waals surface area (Å²) in [6.07, 6.45) is 2.59. The number of pyridine rings is 1. The van der Waals surface area contributed by atoms with Crippen LogP contribution in [0.3, 0.4) is 0 Å². The minimum atomic E-state index is -0.00176. The van der Waals surface area contributed by atoms with Crippen LogP contribution in [0.1, 0.15) is 23.6 Å². The Morgan fingerprint density at radius 1 is 1.26 bits per heavy atom. The topological polar surface area (TPSA) is 48.5 Å². The van der Waals surface area contributed by atoms with Crippen molar-refractivity contribution in [1.29, 1.82) is 0 Å². The number of carbonyl (C=O) groups excluding carboxylic acids is 1. The van der Waals surface area contributed by atoms with Crippen molar-refractivity contribution in [1.82, 2.24) is 15.2 Å². The second kappa shape index (κ2) is 8.61. The highest BCUT2D eigenvalue weighted by Crippen LogP contribution is 2.24. The summed E-state index contributed by atoms with van der Waals surface area (Å²) in [5.41, 5.74) is 3.83. The van der Waals surface area contributed by atoms with Gasteiger partial charge < -0.3 is 15.1 Å². The van der Waals surface area contributed by atoms with E-state index in [0.29, 0.717) is 18.1 Å². The van der Waals surface area contributed by atoms with Crippen LogP contribution in [-0.4, -0.2) is 48.1 Å². The highest BCUT2D eigenvalue weighted by Gasteiger charge is 2.28. The van der Waals surface area contributed by atoms with E-state index in [-0.39, 0.29) is 12.1 Å². The number of hydrogen-bond donors (Lipinski definition) is 1. The van der Waals surface area contributed by atoms with Gasteiger partial charge in [-0.05, 0) is 56.0 Å². The van der Waals surface area contributed by atoms with E-state index < -0.39 is 0 Å². The maximum atomic E-state index is 12.6. The van der Waals surface area contributed by atoms with E-state index in [2.05, 4.69) is 54.2 Å². The Kier molecular flexibility index (Phi) is 6.22. The second-order valence-corrected chi connectivity index (χ2v) is 7.61. The van der Waals surface area contributed by atoms with E-state index in [1.54, 1.807) is 6.20 Å². The molecule has 2 heterocycles. The fourth-order valence-corrected chi connectivity index (χ4v) is 3.68. The summed E-state index contributed by atoms with van der Waals surface area (Å²) < 4.78 is 0. The van der Waals surface area contributed by atoms with Gasteiger partial charge in [-0.1, -0.05) is 29.8 Å². The third kappa shape index (κ3) is 4.72. The second-order valence-electron chi connectivity index (χ2n) is 7.20. The summed E-state index contributed by atoms with van der Waals surface area (Å²) >= 11 is 6.25. The number of halogens is 1. The molecule has 144 valence electrons. The van der Waals surface area contributed by atoms with E-state index in [1.807, 2.05) is 17.0 Å². The number of aromatic nitrogens is 1. The molecule has 0 spiro atoms. The molecule has 5 nitrogen and oxygen atoms in total. The molecule has 3 rings (SSSR count). The van der Waals surface area contributed by atoms with E-state index in [9.17, 15) is 4.79 Å². The predicted molar refractivity (Wildman–Crippen MR) is 111 cm³/mol. The SMILES string of the molecule is Cc1ccc(CCNC(=O)N2CCN(c3ncccc3Cl)C[C@H]2C)cc1C. The number of aryl methyl sites for hydroxylation is 2. The summed E-state index contributed by atoms with van der Waals surface area (Å²) in [5, 5.41) is 3.71. The quantitative estimate of drug-likeness (QED) is 0.869. The molecule has 1 atom stereocenters. The Balaban J connectivity index is 1.51. The van der Waals surface area contributed by atoms with E-state index >= 15 is 0 Å². The number of rotatable bonds is 4. The van der Waals surface area contributed by atoms with Crippen molar-refractivity contribution >= 4 is 23.4 Å². The third-order valence-corrected chi connectivity index (χ3v) is 5.48. The van der Waals surface area contributed by atoms with Crippen LogP contribution in [0.15, 0.2) is 36.5 Å². The molecule has 1 aromatic heterocycles. The first-order valence-corrected chi connectivity index (χ1v) is 9.79. The van der Waals surface area contributed by atoms with Crippen molar-refractivity contribution in [3.8, 4) is 0 Å². The van der Waals surface area contributed by atoms with Gasteiger partial charge in [0, 0.05) is 38.4 Å². The summed E-state index contributed by atoms with van der Waals surface area (Å²) in [4.78, 5) is 21.0. The van der Waals surface area contributed by atoms with Crippen LogP contribution in [0.25, 0.3) is 0 Å². The lowest BCUT2D eigenvalue weighted by atomic mass is 10.0. The maximum Gasteiger partial charge on any atom is 0.317 e. The molecule has 0 bridgehead atoms.